The molecule has 0 radical (unpaired) electrons. The predicted octanol–water partition coefficient (Wildman–Crippen LogP) is 8.83. The minimum atomic E-state index is -0.798. The fourth-order valence-corrected chi connectivity index (χ4v) is 8.34. The summed E-state index contributed by atoms with van der Waals surface area (Å²) in [5.74, 6) is 0.225. The van der Waals surface area contributed by atoms with Crippen molar-refractivity contribution in [2.75, 3.05) is 26.2 Å². The number of ketones is 1. The van der Waals surface area contributed by atoms with Gasteiger partial charge in [0.1, 0.15) is 11.6 Å². The number of benzene rings is 4. The summed E-state index contributed by atoms with van der Waals surface area (Å²) in [6.45, 7) is 6.70. The van der Waals surface area contributed by atoms with Gasteiger partial charge >= 0.3 is 0 Å². The van der Waals surface area contributed by atoms with Crippen LogP contribution in [0.2, 0.25) is 10.0 Å². The molecular weight excluding hydrogens is 738 g/mol. The highest BCUT2D eigenvalue weighted by atomic mass is 35.5. The number of nitrogens with zero attached hydrogens (tertiary/aromatic N) is 4. The highest BCUT2D eigenvalue weighted by Crippen LogP contribution is 2.41. The van der Waals surface area contributed by atoms with Crippen LogP contribution < -0.4 is 4.74 Å². The van der Waals surface area contributed by atoms with E-state index in [-0.39, 0.29) is 41.9 Å². The number of ether oxygens (including phenoxy) is 1. The van der Waals surface area contributed by atoms with Crippen LogP contribution in [0.5, 0.6) is 5.75 Å². The summed E-state index contributed by atoms with van der Waals surface area (Å²) >= 11 is 12.6. The lowest BCUT2D eigenvalue weighted by molar-refractivity contribution is -0.146. The van der Waals surface area contributed by atoms with Crippen LogP contribution in [-0.4, -0.2) is 69.2 Å². The SMILES string of the molecule is CC(C)Oc1cccc(CC(=O)N2CCC(CCN3CCC(C(=O)c4nc5ccccc5n4Cc4ccc(F)cc4)CC3)(Cc3ccc(Cl)c(Cl)c3)C2=O)c1. The maximum absolute atomic E-state index is 14.4. The van der Waals surface area contributed by atoms with Crippen LogP contribution in [0.1, 0.15) is 66.8 Å². The molecule has 0 saturated carbocycles. The number of Topliss-reactive ketones (excluding diaryl/α,β-unsaturated/α-hetero) is 1. The molecule has 4 aromatic carbocycles. The predicted molar refractivity (Wildman–Crippen MR) is 213 cm³/mol. The molecule has 0 aliphatic carbocycles. The van der Waals surface area contributed by atoms with E-state index in [0.717, 1.165) is 27.7 Å². The molecule has 2 amide bonds. The number of carbonyl (C=O) groups is 3. The van der Waals surface area contributed by atoms with Gasteiger partial charge in [0.15, 0.2) is 5.82 Å². The summed E-state index contributed by atoms with van der Waals surface area (Å²) < 4.78 is 21.4. The Bertz CT molecular complexity index is 2200. The second kappa shape index (κ2) is 16.7. The lowest BCUT2D eigenvalue weighted by atomic mass is 9.77. The van der Waals surface area contributed by atoms with Crippen LogP contribution in [0.3, 0.4) is 0 Å². The zero-order chi connectivity index (χ0) is 38.7. The number of piperidine rings is 1. The van der Waals surface area contributed by atoms with Crippen molar-refractivity contribution < 1.29 is 23.5 Å². The average molecular weight is 784 g/mol. The van der Waals surface area contributed by atoms with Crippen LogP contribution in [0, 0.1) is 17.2 Å². The number of amides is 2. The fourth-order valence-electron chi connectivity index (χ4n) is 8.02. The highest BCUT2D eigenvalue weighted by molar-refractivity contribution is 6.42. The average Bonchev–Trinajstić information content (AvgIpc) is 3.70. The molecule has 2 fully saturated rings. The number of aromatic nitrogens is 2. The van der Waals surface area contributed by atoms with E-state index in [1.54, 1.807) is 18.2 Å². The third kappa shape index (κ3) is 8.80. The molecule has 2 saturated heterocycles. The Hall–Kier alpha value is -4.57. The Kier molecular flexibility index (Phi) is 11.7. The zero-order valence-electron chi connectivity index (χ0n) is 31.1. The Labute approximate surface area is 331 Å². The molecule has 0 bridgehead atoms. The van der Waals surface area contributed by atoms with E-state index in [1.165, 1.54) is 17.0 Å². The van der Waals surface area contributed by atoms with Gasteiger partial charge in [0.25, 0.3) is 0 Å². The van der Waals surface area contributed by atoms with Gasteiger partial charge in [-0.1, -0.05) is 65.7 Å². The van der Waals surface area contributed by atoms with Crippen molar-refractivity contribution in [2.24, 2.45) is 11.3 Å². The first kappa shape index (κ1) is 38.7. The fraction of sp³-hybridized carbons (Fsp3) is 0.364. The number of fused-ring (bicyclic) bond motifs is 1. The summed E-state index contributed by atoms with van der Waals surface area (Å²) in [5, 5.41) is 0.871. The monoisotopic (exact) mass is 782 g/mol. The van der Waals surface area contributed by atoms with E-state index in [0.29, 0.717) is 86.4 Å². The number of hydrogen-bond acceptors (Lipinski definition) is 6. The van der Waals surface area contributed by atoms with E-state index in [1.807, 2.05) is 79.1 Å². The maximum Gasteiger partial charge on any atom is 0.235 e. The lowest BCUT2D eigenvalue weighted by Gasteiger charge is -2.35. The van der Waals surface area contributed by atoms with E-state index in [2.05, 4.69) is 4.90 Å². The van der Waals surface area contributed by atoms with Crippen molar-refractivity contribution in [3.8, 4) is 5.75 Å². The van der Waals surface area contributed by atoms with Gasteiger partial charge in [-0.2, -0.15) is 0 Å². The maximum atomic E-state index is 14.4. The summed E-state index contributed by atoms with van der Waals surface area (Å²) in [6, 6.07) is 26.9. The molecule has 7 rings (SSSR count). The first-order valence-electron chi connectivity index (χ1n) is 19.0. The lowest BCUT2D eigenvalue weighted by Crippen LogP contribution is -2.43. The van der Waals surface area contributed by atoms with Crippen molar-refractivity contribution in [2.45, 2.75) is 65.0 Å². The van der Waals surface area contributed by atoms with Gasteiger partial charge in [-0.05, 0) is 131 Å². The van der Waals surface area contributed by atoms with Crippen LogP contribution in [0.15, 0.2) is 91.0 Å². The van der Waals surface area contributed by atoms with Gasteiger partial charge in [0.2, 0.25) is 17.6 Å². The van der Waals surface area contributed by atoms with Gasteiger partial charge < -0.3 is 14.2 Å². The second-order valence-corrected chi connectivity index (χ2v) is 16.0. The molecule has 1 unspecified atom stereocenters. The molecule has 286 valence electrons. The third-order valence-corrected chi connectivity index (χ3v) is 11.7. The Balaban J connectivity index is 1.03. The summed E-state index contributed by atoms with van der Waals surface area (Å²) in [7, 11) is 0. The molecule has 0 N–H and O–H groups in total. The number of likely N-dealkylation sites (tertiary alicyclic amines) is 2. The minimum absolute atomic E-state index is 0.00308. The molecule has 2 aliphatic heterocycles. The van der Waals surface area contributed by atoms with Crippen LogP contribution >= 0.6 is 23.2 Å². The summed E-state index contributed by atoms with van der Waals surface area (Å²) in [5.41, 5.74) is 3.38. The van der Waals surface area contributed by atoms with E-state index >= 15 is 0 Å². The molecule has 8 nitrogen and oxygen atoms in total. The number of carbonyl (C=O) groups excluding carboxylic acids is 3. The quantitative estimate of drug-likeness (QED) is 0.111. The normalized spacial score (nSPS) is 18.1. The van der Waals surface area contributed by atoms with Gasteiger partial charge in [0.05, 0.1) is 39.0 Å². The number of hydrogen-bond donors (Lipinski definition) is 0. The molecule has 55 heavy (non-hydrogen) atoms. The topological polar surface area (TPSA) is 84.7 Å². The zero-order valence-corrected chi connectivity index (χ0v) is 32.7. The summed E-state index contributed by atoms with van der Waals surface area (Å²) in [6.07, 6.45) is 2.95. The van der Waals surface area contributed by atoms with Crippen molar-refractivity contribution in [3.63, 3.8) is 0 Å². The molecule has 3 heterocycles. The number of rotatable bonds is 13. The van der Waals surface area contributed by atoms with Gasteiger partial charge in [-0.15, -0.1) is 0 Å². The smallest absolute Gasteiger partial charge is 0.235 e. The van der Waals surface area contributed by atoms with Crippen molar-refractivity contribution in [1.82, 2.24) is 19.4 Å². The number of imidazole rings is 1. The largest absolute Gasteiger partial charge is 0.491 e. The molecule has 1 atom stereocenters. The first-order valence-corrected chi connectivity index (χ1v) is 19.7. The minimum Gasteiger partial charge on any atom is -0.491 e. The van der Waals surface area contributed by atoms with Crippen LogP contribution in [0.25, 0.3) is 11.0 Å². The van der Waals surface area contributed by atoms with Gasteiger partial charge in [-0.25, -0.2) is 9.37 Å². The van der Waals surface area contributed by atoms with Crippen molar-refractivity contribution in [3.05, 3.63) is 129 Å². The molecule has 0 spiro atoms. The van der Waals surface area contributed by atoms with Crippen molar-refractivity contribution in [1.29, 1.82) is 0 Å². The Morgan fingerprint density at radius 1 is 0.891 bits per heavy atom. The van der Waals surface area contributed by atoms with E-state index in [4.69, 9.17) is 32.9 Å². The van der Waals surface area contributed by atoms with Gasteiger partial charge in [-0.3, -0.25) is 19.3 Å². The molecule has 2 aliphatic rings. The van der Waals surface area contributed by atoms with Gasteiger partial charge in [0, 0.05) is 19.0 Å². The first-order chi connectivity index (χ1) is 26.5. The molecule has 11 heteroatoms. The molecule has 1 aromatic heterocycles. The number of halogens is 3. The molecule has 5 aromatic rings. The standard InChI is InChI=1S/C44H45Cl2FN4O4/c1-29(2)55-35-7-5-6-31(24-35)26-40(52)50-23-19-44(43(50)54,27-32-12-15-36(45)37(46)25-32)18-22-49-20-16-33(17-21-49)41(53)42-48-38-8-3-4-9-39(38)51(42)28-30-10-13-34(47)14-11-30/h3-15,24-25,29,33H,16-23,26-28H2,1-2H3. The molecular formula is C44H45Cl2FN4O4. The number of para-hydroxylation sites is 2. The van der Waals surface area contributed by atoms with E-state index in [9.17, 15) is 18.8 Å². The van der Waals surface area contributed by atoms with Crippen LogP contribution in [-0.2, 0) is 29.0 Å². The van der Waals surface area contributed by atoms with Crippen molar-refractivity contribution >= 4 is 51.8 Å². The Morgan fingerprint density at radius 2 is 1.64 bits per heavy atom. The second-order valence-electron chi connectivity index (χ2n) is 15.2. The Morgan fingerprint density at radius 3 is 2.38 bits per heavy atom. The number of imide groups is 1. The van der Waals surface area contributed by atoms with Crippen LogP contribution in [0.4, 0.5) is 4.39 Å². The summed E-state index contributed by atoms with van der Waals surface area (Å²) in [4.78, 5) is 50.7. The van der Waals surface area contributed by atoms with E-state index < -0.39 is 5.41 Å². The highest BCUT2D eigenvalue weighted by Gasteiger charge is 2.48. The third-order valence-electron chi connectivity index (χ3n) is 11.0.